The molecule has 28 heavy (non-hydrogen) atoms. The number of hydrogen-bond acceptors (Lipinski definition) is 4. The molecule has 0 spiro atoms. The van der Waals surface area contributed by atoms with Crippen molar-refractivity contribution in [2.24, 2.45) is 0 Å². The third-order valence-corrected chi connectivity index (χ3v) is 5.87. The van der Waals surface area contributed by atoms with E-state index in [4.69, 9.17) is 4.74 Å². The zero-order chi connectivity index (χ0) is 20.1. The van der Waals surface area contributed by atoms with E-state index in [1.807, 2.05) is 30.0 Å². The first-order valence-corrected chi connectivity index (χ1v) is 10.3. The molecule has 7 heteroatoms. The summed E-state index contributed by atoms with van der Waals surface area (Å²) in [6.07, 6.45) is 1.73. The number of nitrogens with zero attached hydrogens (tertiary/aromatic N) is 3. The van der Waals surface area contributed by atoms with Crippen molar-refractivity contribution < 1.29 is 14.3 Å². The van der Waals surface area contributed by atoms with Crippen LogP contribution in [0.2, 0.25) is 0 Å². The second kappa shape index (κ2) is 9.28. The number of ether oxygens (including phenoxy) is 1. The van der Waals surface area contributed by atoms with Gasteiger partial charge in [0.1, 0.15) is 0 Å². The topological polar surface area (TPSA) is 65.1 Å². The summed E-state index contributed by atoms with van der Waals surface area (Å²) < 4.78 is 5.09. The SMILES string of the molecule is CCOC(=O)N1CCC(N2CCN(C(=O)Nc3ccc(C)c(C)c3)CC2)CC1. The summed E-state index contributed by atoms with van der Waals surface area (Å²) in [5.41, 5.74) is 3.25. The Balaban J connectivity index is 1.43. The number of benzene rings is 1. The Bertz CT molecular complexity index is 693. The number of amides is 3. The van der Waals surface area contributed by atoms with E-state index in [1.54, 1.807) is 4.90 Å². The largest absolute Gasteiger partial charge is 0.450 e. The predicted octanol–water partition coefficient (Wildman–Crippen LogP) is 3.07. The van der Waals surface area contributed by atoms with Crippen molar-refractivity contribution in [1.82, 2.24) is 14.7 Å². The third-order valence-electron chi connectivity index (χ3n) is 5.87. The van der Waals surface area contributed by atoms with Crippen LogP contribution in [0.4, 0.5) is 15.3 Å². The van der Waals surface area contributed by atoms with Gasteiger partial charge in [0.25, 0.3) is 0 Å². The molecule has 0 radical (unpaired) electrons. The molecule has 1 N–H and O–H groups in total. The summed E-state index contributed by atoms with van der Waals surface area (Å²) in [6.45, 7) is 11.1. The van der Waals surface area contributed by atoms with E-state index in [1.165, 1.54) is 11.1 Å². The second-order valence-corrected chi connectivity index (χ2v) is 7.67. The number of hydrogen-bond donors (Lipinski definition) is 1. The molecule has 0 saturated carbocycles. The smallest absolute Gasteiger partial charge is 0.409 e. The zero-order valence-electron chi connectivity index (χ0n) is 17.2. The number of rotatable bonds is 3. The Kier molecular flexibility index (Phi) is 6.78. The van der Waals surface area contributed by atoms with Gasteiger partial charge in [0.2, 0.25) is 0 Å². The molecule has 0 bridgehead atoms. The number of carbonyl (C=O) groups is 2. The zero-order valence-corrected chi connectivity index (χ0v) is 17.2. The minimum absolute atomic E-state index is 0.0277. The summed E-state index contributed by atoms with van der Waals surface area (Å²) in [5, 5.41) is 3.01. The van der Waals surface area contributed by atoms with Crippen LogP contribution in [0.15, 0.2) is 18.2 Å². The Morgan fingerprint density at radius 1 is 1.00 bits per heavy atom. The molecule has 3 amide bonds. The van der Waals surface area contributed by atoms with Crippen LogP contribution >= 0.6 is 0 Å². The lowest BCUT2D eigenvalue weighted by molar-refractivity contribution is 0.0581. The van der Waals surface area contributed by atoms with Gasteiger partial charge in [-0.15, -0.1) is 0 Å². The highest BCUT2D eigenvalue weighted by Gasteiger charge is 2.30. The van der Waals surface area contributed by atoms with Gasteiger partial charge in [-0.1, -0.05) is 6.07 Å². The lowest BCUT2D eigenvalue weighted by atomic mass is 10.0. The van der Waals surface area contributed by atoms with Gasteiger partial charge < -0.3 is 19.9 Å². The predicted molar refractivity (Wildman–Crippen MR) is 110 cm³/mol. The first-order valence-electron chi connectivity index (χ1n) is 10.3. The maximum Gasteiger partial charge on any atom is 0.409 e. The average molecular weight is 389 g/mol. The molecule has 1 aromatic carbocycles. The highest BCUT2D eigenvalue weighted by molar-refractivity contribution is 5.89. The molecule has 154 valence electrons. The van der Waals surface area contributed by atoms with Crippen molar-refractivity contribution in [2.45, 2.75) is 39.7 Å². The number of aryl methyl sites for hydroxylation is 2. The van der Waals surface area contributed by atoms with Crippen molar-refractivity contribution >= 4 is 17.8 Å². The van der Waals surface area contributed by atoms with Crippen molar-refractivity contribution in [3.8, 4) is 0 Å². The molecule has 0 atom stereocenters. The molecule has 2 saturated heterocycles. The number of piperidine rings is 1. The molecule has 0 unspecified atom stereocenters. The first-order chi connectivity index (χ1) is 13.5. The molecule has 7 nitrogen and oxygen atoms in total. The molecule has 2 heterocycles. The summed E-state index contributed by atoms with van der Waals surface area (Å²) in [4.78, 5) is 30.5. The van der Waals surface area contributed by atoms with Crippen LogP contribution in [0.3, 0.4) is 0 Å². The highest BCUT2D eigenvalue weighted by Crippen LogP contribution is 2.20. The highest BCUT2D eigenvalue weighted by atomic mass is 16.6. The molecule has 2 aliphatic heterocycles. The standard InChI is InChI=1S/C21H32N4O3/c1-4-28-21(27)25-9-7-19(8-10-25)23-11-13-24(14-12-23)20(26)22-18-6-5-16(2)17(3)15-18/h5-6,15,19H,4,7-14H2,1-3H3,(H,22,26). The molecule has 2 aliphatic rings. The van der Waals surface area contributed by atoms with Crippen molar-refractivity contribution in [1.29, 1.82) is 0 Å². The lowest BCUT2D eigenvalue weighted by Gasteiger charge is -2.42. The van der Waals surface area contributed by atoms with Gasteiger partial charge in [-0.2, -0.15) is 0 Å². The van der Waals surface area contributed by atoms with Crippen LogP contribution in [-0.2, 0) is 4.74 Å². The molecule has 0 aromatic heterocycles. The number of nitrogens with one attached hydrogen (secondary N) is 1. The maximum atomic E-state index is 12.6. The second-order valence-electron chi connectivity index (χ2n) is 7.67. The fourth-order valence-corrected chi connectivity index (χ4v) is 3.94. The van der Waals surface area contributed by atoms with E-state index < -0.39 is 0 Å². The summed E-state index contributed by atoms with van der Waals surface area (Å²) in [6, 6.07) is 6.45. The molecule has 2 fully saturated rings. The summed E-state index contributed by atoms with van der Waals surface area (Å²) >= 11 is 0. The van der Waals surface area contributed by atoms with Gasteiger partial charge in [0, 0.05) is 51.0 Å². The number of anilines is 1. The Morgan fingerprint density at radius 3 is 2.29 bits per heavy atom. The fraction of sp³-hybridized carbons (Fsp3) is 0.619. The quantitative estimate of drug-likeness (QED) is 0.864. The van der Waals surface area contributed by atoms with Crippen LogP contribution in [0.5, 0.6) is 0 Å². The van der Waals surface area contributed by atoms with E-state index in [2.05, 4.69) is 24.1 Å². The maximum absolute atomic E-state index is 12.6. The van der Waals surface area contributed by atoms with Crippen LogP contribution in [-0.4, -0.2) is 78.7 Å². The van der Waals surface area contributed by atoms with Crippen LogP contribution < -0.4 is 5.32 Å². The Labute approximate surface area is 167 Å². The van der Waals surface area contributed by atoms with E-state index in [9.17, 15) is 9.59 Å². The summed E-state index contributed by atoms with van der Waals surface area (Å²) in [5.74, 6) is 0. The van der Waals surface area contributed by atoms with Crippen LogP contribution in [0, 0.1) is 13.8 Å². The molecule has 0 aliphatic carbocycles. The Morgan fingerprint density at radius 2 is 1.68 bits per heavy atom. The van der Waals surface area contributed by atoms with Gasteiger partial charge in [-0.25, -0.2) is 9.59 Å². The van der Waals surface area contributed by atoms with Crippen molar-refractivity contribution in [3.05, 3.63) is 29.3 Å². The van der Waals surface area contributed by atoms with Crippen LogP contribution in [0.25, 0.3) is 0 Å². The minimum Gasteiger partial charge on any atom is -0.450 e. The van der Waals surface area contributed by atoms with E-state index in [-0.39, 0.29) is 12.1 Å². The lowest BCUT2D eigenvalue weighted by Crippen LogP contribution is -2.55. The average Bonchev–Trinajstić information content (AvgIpc) is 2.71. The molecular weight excluding hydrogens is 356 g/mol. The minimum atomic E-state index is -0.200. The number of likely N-dealkylation sites (tertiary alicyclic amines) is 1. The van der Waals surface area contributed by atoms with Gasteiger partial charge in [0.05, 0.1) is 6.61 Å². The Hall–Kier alpha value is -2.28. The normalized spacial score (nSPS) is 18.8. The number of carbonyl (C=O) groups excluding carboxylic acids is 2. The number of urea groups is 1. The monoisotopic (exact) mass is 388 g/mol. The molecule has 3 rings (SSSR count). The van der Waals surface area contributed by atoms with E-state index in [0.29, 0.717) is 12.6 Å². The van der Waals surface area contributed by atoms with Gasteiger partial charge in [-0.05, 0) is 56.9 Å². The van der Waals surface area contributed by atoms with Gasteiger partial charge in [0.15, 0.2) is 0 Å². The van der Waals surface area contributed by atoms with E-state index >= 15 is 0 Å². The van der Waals surface area contributed by atoms with Crippen LogP contribution in [0.1, 0.15) is 30.9 Å². The van der Waals surface area contributed by atoms with E-state index in [0.717, 1.165) is 57.8 Å². The summed E-state index contributed by atoms with van der Waals surface area (Å²) in [7, 11) is 0. The fourth-order valence-electron chi connectivity index (χ4n) is 3.94. The number of piperazine rings is 1. The van der Waals surface area contributed by atoms with Crippen molar-refractivity contribution in [3.63, 3.8) is 0 Å². The van der Waals surface area contributed by atoms with Gasteiger partial charge >= 0.3 is 12.1 Å². The van der Waals surface area contributed by atoms with Gasteiger partial charge in [-0.3, -0.25) is 4.90 Å². The third kappa shape index (κ3) is 4.95. The molecule has 1 aromatic rings. The first kappa shape index (κ1) is 20.5. The molecular formula is C21H32N4O3. The van der Waals surface area contributed by atoms with Crippen molar-refractivity contribution in [2.75, 3.05) is 51.2 Å².